The maximum Gasteiger partial charge on any atom is 0.131 e. The summed E-state index contributed by atoms with van der Waals surface area (Å²) in [6.07, 6.45) is 0. The SMILES string of the molecule is COc1csc(C(NN)c2ccc(F)cc2F)c1. The molecule has 0 saturated heterocycles. The van der Waals surface area contributed by atoms with Crippen molar-refractivity contribution < 1.29 is 13.5 Å². The van der Waals surface area contributed by atoms with E-state index in [1.54, 1.807) is 18.6 Å². The molecule has 0 amide bonds. The van der Waals surface area contributed by atoms with Crippen molar-refractivity contribution in [2.75, 3.05) is 7.11 Å². The fourth-order valence-corrected chi connectivity index (χ4v) is 2.59. The third-order valence-corrected chi connectivity index (χ3v) is 3.53. The molecule has 0 spiro atoms. The molecule has 0 aliphatic heterocycles. The van der Waals surface area contributed by atoms with Crippen LogP contribution in [-0.4, -0.2) is 7.11 Å². The molecule has 6 heteroatoms. The van der Waals surface area contributed by atoms with Gasteiger partial charge >= 0.3 is 0 Å². The van der Waals surface area contributed by atoms with E-state index in [-0.39, 0.29) is 0 Å². The fraction of sp³-hybridized carbons (Fsp3) is 0.167. The zero-order valence-electron chi connectivity index (χ0n) is 9.61. The predicted molar refractivity (Wildman–Crippen MR) is 66.4 cm³/mol. The van der Waals surface area contributed by atoms with Gasteiger partial charge in [-0.05, 0) is 12.1 Å². The van der Waals surface area contributed by atoms with Crippen LogP contribution in [0.4, 0.5) is 8.78 Å². The Labute approximate surface area is 107 Å². The maximum atomic E-state index is 13.7. The lowest BCUT2D eigenvalue weighted by atomic mass is 10.1. The monoisotopic (exact) mass is 270 g/mol. The molecule has 3 N–H and O–H groups in total. The van der Waals surface area contributed by atoms with Crippen LogP contribution >= 0.6 is 11.3 Å². The Balaban J connectivity index is 2.38. The second kappa shape index (κ2) is 5.43. The molecule has 2 rings (SSSR count). The van der Waals surface area contributed by atoms with Gasteiger partial charge in [-0.2, -0.15) is 0 Å². The quantitative estimate of drug-likeness (QED) is 0.663. The molecule has 96 valence electrons. The summed E-state index contributed by atoms with van der Waals surface area (Å²) in [5.74, 6) is 4.88. The number of hydrogen-bond acceptors (Lipinski definition) is 4. The van der Waals surface area contributed by atoms with Crippen LogP contribution in [0.1, 0.15) is 16.5 Å². The predicted octanol–water partition coefficient (Wildman–Crippen LogP) is 2.59. The van der Waals surface area contributed by atoms with Crippen LogP contribution in [0.5, 0.6) is 5.75 Å². The lowest BCUT2D eigenvalue weighted by Crippen LogP contribution is -2.28. The first kappa shape index (κ1) is 12.9. The molecular weight excluding hydrogens is 258 g/mol. The summed E-state index contributed by atoms with van der Waals surface area (Å²) in [7, 11) is 1.55. The number of nitrogens with two attached hydrogens (primary N) is 1. The van der Waals surface area contributed by atoms with E-state index in [4.69, 9.17) is 10.6 Å². The molecule has 3 nitrogen and oxygen atoms in total. The zero-order chi connectivity index (χ0) is 13.1. The molecule has 1 aromatic heterocycles. The standard InChI is InChI=1S/C12H12F2N2OS/c1-17-8-5-11(18-6-8)12(16-15)9-3-2-7(13)4-10(9)14/h2-6,12,16H,15H2,1H3. The Bertz CT molecular complexity index is 545. The Hall–Kier alpha value is -1.50. The molecule has 0 bridgehead atoms. The van der Waals surface area contributed by atoms with Crippen molar-refractivity contribution in [1.29, 1.82) is 0 Å². The molecule has 18 heavy (non-hydrogen) atoms. The summed E-state index contributed by atoms with van der Waals surface area (Å²) < 4.78 is 31.6. The molecule has 0 aliphatic rings. The van der Waals surface area contributed by atoms with Gasteiger partial charge in [-0.1, -0.05) is 6.07 Å². The largest absolute Gasteiger partial charge is 0.496 e. The van der Waals surface area contributed by atoms with Crippen molar-refractivity contribution in [3.05, 3.63) is 51.7 Å². The average molecular weight is 270 g/mol. The normalized spacial score (nSPS) is 12.4. The summed E-state index contributed by atoms with van der Waals surface area (Å²) in [5, 5.41) is 1.79. The van der Waals surface area contributed by atoms with Crippen LogP contribution in [0.25, 0.3) is 0 Å². The molecule has 1 aromatic carbocycles. The van der Waals surface area contributed by atoms with Crippen molar-refractivity contribution in [1.82, 2.24) is 5.43 Å². The summed E-state index contributed by atoms with van der Waals surface area (Å²) in [4.78, 5) is 0.792. The van der Waals surface area contributed by atoms with Gasteiger partial charge in [0.25, 0.3) is 0 Å². The second-order valence-electron chi connectivity index (χ2n) is 3.65. The molecule has 0 saturated carbocycles. The number of hydrogen-bond donors (Lipinski definition) is 2. The van der Waals surface area contributed by atoms with E-state index < -0.39 is 17.7 Å². The number of hydrazine groups is 1. The van der Waals surface area contributed by atoms with E-state index in [1.807, 2.05) is 0 Å². The number of nitrogens with one attached hydrogen (secondary N) is 1. The first-order valence-corrected chi connectivity index (χ1v) is 6.07. The van der Waals surface area contributed by atoms with Gasteiger partial charge in [0.2, 0.25) is 0 Å². The smallest absolute Gasteiger partial charge is 0.131 e. The van der Waals surface area contributed by atoms with Crippen molar-refractivity contribution in [2.45, 2.75) is 6.04 Å². The van der Waals surface area contributed by atoms with Crippen LogP contribution in [0.2, 0.25) is 0 Å². The highest BCUT2D eigenvalue weighted by atomic mass is 32.1. The van der Waals surface area contributed by atoms with Gasteiger partial charge in [-0.3, -0.25) is 5.84 Å². The van der Waals surface area contributed by atoms with E-state index in [9.17, 15) is 8.78 Å². The fourth-order valence-electron chi connectivity index (χ4n) is 1.65. The van der Waals surface area contributed by atoms with Crippen molar-refractivity contribution >= 4 is 11.3 Å². The van der Waals surface area contributed by atoms with Gasteiger partial charge in [0.05, 0.1) is 13.2 Å². The van der Waals surface area contributed by atoms with Crippen LogP contribution in [0, 0.1) is 11.6 Å². The van der Waals surface area contributed by atoms with Crippen molar-refractivity contribution in [2.24, 2.45) is 5.84 Å². The molecule has 1 unspecified atom stereocenters. The highest BCUT2D eigenvalue weighted by molar-refractivity contribution is 7.10. The van der Waals surface area contributed by atoms with Crippen molar-refractivity contribution in [3.63, 3.8) is 0 Å². The van der Waals surface area contributed by atoms with Crippen LogP contribution in [-0.2, 0) is 0 Å². The number of halogens is 2. The van der Waals surface area contributed by atoms with Gasteiger partial charge < -0.3 is 4.74 Å². The number of rotatable bonds is 4. The Morgan fingerprint density at radius 1 is 1.33 bits per heavy atom. The molecule has 0 fully saturated rings. The minimum absolute atomic E-state index is 0.295. The topological polar surface area (TPSA) is 47.3 Å². The van der Waals surface area contributed by atoms with Crippen molar-refractivity contribution in [3.8, 4) is 5.75 Å². The molecule has 0 aliphatic carbocycles. The van der Waals surface area contributed by atoms with E-state index in [2.05, 4.69) is 5.43 Å². The molecule has 1 atom stereocenters. The lowest BCUT2D eigenvalue weighted by Gasteiger charge is -2.15. The number of methoxy groups -OCH3 is 1. The molecule has 1 heterocycles. The summed E-state index contributed by atoms with van der Waals surface area (Å²) in [6, 6.07) is 4.65. The van der Waals surface area contributed by atoms with Crippen LogP contribution in [0.3, 0.4) is 0 Å². The first-order valence-electron chi connectivity index (χ1n) is 5.19. The Morgan fingerprint density at radius 2 is 2.11 bits per heavy atom. The number of thiophene rings is 1. The minimum atomic E-state index is -0.634. The summed E-state index contributed by atoms with van der Waals surface area (Å²) in [5.41, 5.74) is 2.82. The van der Waals surface area contributed by atoms with Gasteiger partial charge in [0.15, 0.2) is 0 Å². The van der Waals surface area contributed by atoms with Gasteiger partial charge in [0, 0.05) is 21.9 Å². The maximum absolute atomic E-state index is 13.7. The second-order valence-corrected chi connectivity index (χ2v) is 4.60. The molecular formula is C12H12F2N2OS. The minimum Gasteiger partial charge on any atom is -0.496 e. The summed E-state index contributed by atoms with van der Waals surface area (Å²) >= 11 is 1.39. The summed E-state index contributed by atoms with van der Waals surface area (Å²) in [6.45, 7) is 0. The van der Waals surface area contributed by atoms with E-state index >= 15 is 0 Å². The molecule has 2 aromatic rings. The van der Waals surface area contributed by atoms with E-state index in [0.717, 1.165) is 10.9 Å². The van der Waals surface area contributed by atoms with Gasteiger partial charge in [-0.25, -0.2) is 14.2 Å². The third-order valence-electron chi connectivity index (χ3n) is 2.56. The highest BCUT2D eigenvalue weighted by Crippen LogP contribution is 2.31. The third kappa shape index (κ3) is 2.50. The molecule has 0 radical (unpaired) electrons. The van der Waals surface area contributed by atoms with Gasteiger partial charge in [-0.15, -0.1) is 11.3 Å². The van der Waals surface area contributed by atoms with Crippen LogP contribution < -0.4 is 16.0 Å². The van der Waals surface area contributed by atoms with Crippen LogP contribution in [0.15, 0.2) is 29.6 Å². The Morgan fingerprint density at radius 3 is 2.67 bits per heavy atom. The van der Waals surface area contributed by atoms with E-state index in [1.165, 1.54) is 23.5 Å². The van der Waals surface area contributed by atoms with Gasteiger partial charge in [0.1, 0.15) is 17.4 Å². The van der Waals surface area contributed by atoms with E-state index in [0.29, 0.717) is 11.3 Å². The highest BCUT2D eigenvalue weighted by Gasteiger charge is 2.19. The number of ether oxygens (including phenoxy) is 1. The number of benzene rings is 1. The zero-order valence-corrected chi connectivity index (χ0v) is 10.4. The average Bonchev–Trinajstić information content (AvgIpc) is 2.81. The first-order chi connectivity index (χ1) is 8.65. The lowest BCUT2D eigenvalue weighted by molar-refractivity contribution is 0.416. The Kier molecular flexibility index (Phi) is 3.90.